The number of rotatable bonds is 4. The van der Waals surface area contributed by atoms with E-state index in [1.54, 1.807) is 13.8 Å². The van der Waals surface area contributed by atoms with Gasteiger partial charge in [0.25, 0.3) is 0 Å². The Morgan fingerprint density at radius 1 is 1.47 bits per heavy atom. The minimum Gasteiger partial charge on any atom is -0.492 e. The topological polar surface area (TPSA) is 66.8 Å². The summed E-state index contributed by atoms with van der Waals surface area (Å²) in [7, 11) is 0. The van der Waals surface area contributed by atoms with E-state index in [9.17, 15) is 9.90 Å². The van der Waals surface area contributed by atoms with Gasteiger partial charge in [-0.05, 0) is 56.4 Å². The molecule has 0 aromatic heterocycles. The molecule has 0 amide bonds. The zero-order valence-corrected chi connectivity index (χ0v) is 11.3. The maximum Gasteiger partial charge on any atom is 0.312 e. The normalized spacial score (nSPS) is 18.8. The van der Waals surface area contributed by atoms with Crippen LogP contribution < -0.4 is 4.74 Å². The lowest BCUT2D eigenvalue weighted by Gasteiger charge is -2.23. The first kappa shape index (κ1) is 13.9. The predicted octanol–water partition coefficient (Wildman–Crippen LogP) is 2.55. The fraction of sp³-hybridized carbons (Fsp3) is 0.533. The van der Waals surface area contributed by atoms with Crippen molar-refractivity contribution in [1.29, 1.82) is 0 Å². The van der Waals surface area contributed by atoms with E-state index >= 15 is 0 Å². The summed E-state index contributed by atoms with van der Waals surface area (Å²) < 4.78 is 5.55. The lowest BCUT2D eigenvalue weighted by atomic mass is 9.89. The second kappa shape index (κ2) is 5.21. The van der Waals surface area contributed by atoms with Gasteiger partial charge in [0, 0.05) is 0 Å². The molecule has 4 nitrogen and oxygen atoms in total. The molecule has 0 saturated heterocycles. The molecule has 19 heavy (non-hydrogen) atoms. The third-order valence-corrected chi connectivity index (χ3v) is 3.58. The summed E-state index contributed by atoms with van der Waals surface area (Å²) in [4.78, 5) is 11.0. The number of aryl methyl sites for hydroxylation is 1. The van der Waals surface area contributed by atoms with Crippen LogP contribution in [0.1, 0.15) is 43.9 Å². The number of fused-ring (bicyclic) bond motifs is 1. The van der Waals surface area contributed by atoms with E-state index in [0.717, 1.165) is 30.4 Å². The van der Waals surface area contributed by atoms with Crippen molar-refractivity contribution in [2.24, 2.45) is 5.41 Å². The molecule has 0 fully saturated rings. The van der Waals surface area contributed by atoms with E-state index in [2.05, 4.69) is 0 Å². The molecule has 0 heterocycles. The Labute approximate surface area is 113 Å². The highest BCUT2D eigenvalue weighted by Crippen LogP contribution is 2.32. The van der Waals surface area contributed by atoms with Gasteiger partial charge in [-0.1, -0.05) is 6.07 Å². The number of benzene rings is 1. The zero-order chi connectivity index (χ0) is 14.0. The van der Waals surface area contributed by atoms with Gasteiger partial charge in [-0.2, -0.15) is 0 Å². The first-order chi connectivity index (χ1) is 8.90. The van der Waals surface area contributed by atoms with Crippen molar-refractivity contribution in [3.05, 3.63) is 29.3 Å². The summed E-state index contributed by atoms with van der Waals surface area (Å²) >= 11 is 0. The molecular formula is C15H20O4. The minimum atomic E-state index is -0.922. The fourth-order valence-corrected chi connectivity index (χ4v) is 2.17. The van der Waals surface area contributed by atoms with Crippen molar-refractivity contribution in [2.75, 3.05) is 6.61 Å². The average Bonchev–Trinajstić information content (AvgIpc) is 2.37. The average molecular weight is 264 g/mol. The first-order valence-electron chi connectivity index (χ1n) is 6.57. The molecule has 1 aliphatic rings. The molecule has 1 aromatic rings. The van der Waals surface area contributed by atoms with Crippen molar-refractivity contribution in [3.8, 4) is 5.75 Å². The number of aliphatic hydroxyl groups excluding tert-OH is 1. The monoisotopic (exact) mass is 264 g/mol. The third-order valence-electron chi connectivity index (χ3n) is 3.58. The van der Waals surface area contributed by atoms with E-state index in [1.165, 1.54) is 0 Å². The molecule has 104 valence electrons. The summed E-state index contributed by atoms with van der Waals surface area (Å²) in [6, 6.07) is 5.63. The van der Waals surface area contributed by atoms with Crippen molar-refractivity contribution >= 4 is 5.97 Å². The van der Waals surface area contributed by atoms with Gasteiger partial charge in [0.2, 0.25) is 0 Å². The van der Waals surface area contributed by atoms with E-state index in [4.69, 9.17) is 9.84 Å². The highest BCUT2D eigenvalue weighted by atomic mass is 16.5. The highest BCUT2D eigenvalue weighted by molar-refractivity contribution is 5.73. The van der Waals surface area contributed by atoms with Gasteiger partial charge in [0.1, 0.15) is 12.4 Å². The Morgan fingerprint density at radius 2 is 2.21 bits per heavy atom. The van der Waals surface area contributed by atoms with E-state index in [0.29, 0.717) is 5.75 Å². The lowest BCUT2D eigenvalue weighted by molar-refractivity contribution is -0.148. The van der Waals surface area contributed by atoms with Gasteiger partial charge < -0.3 is 14.9 Å². The molecule has 0 aliphatic heterocycles. The highest BCUT2D eigenvalue weighted by Gasteiger charge is 2.28. The number of carboxylic acids is 1. The van der Waals surface area contributed by atoms with Crippen LogP contribution in [0.15, 0.2) is 18.2 Å². The summed E-state index contributed by atoms with van der Waals surface area (Å²) in [5, 5.41) is 19.0. The Bertz CT molecular complexity index is 479. The van der Waals surface area contributed by atoms with Gasteiger partial charge in [-0.25, -0.2) is 0 Å². The van der Waals surface area contributed by atoms with E-state index < -0.39 is 17.5 Å². The Hall–Kier alpha value is -1.55. The maximum absolute atomic E-state index is 11.0. The number of aliphatic hydroxyl groups is 1. The molecule has 0 unspecified atom stereocenters. The van der Waals surface area contributed by atoms with Crippen LogP contribution in [0.25, 0.3) is 0 Å². The number of aliphatic carboxylic acids is 1. The molecule has 0 spiro atoms. The van der Waals surface area contributed by atoms with Crippen LogP contribution in [0, 0.1) is 5.41 Å². The van der Waals surface area contributed by atoms with E-state index in [1.807, 2.05) is 18.2 Å². The zero-order valence-electron chi connectivity index (χ0n) is 11.3. The Balaban J connectivity index is 2.10. The second-order valence-corrected chi connectivity index (χ2v) is 5.75. The summed E-state index contributed by atoms with van der Waals surface area (Å²) in [5.74, 6) is -0.264. The van der Waals surface area contributed by atoms with Crippen LogP contribution in [0.3, 0.4) is 0 Å². The lowest BCUT2D eigenvalue weighted by Crippen LogP contribution is -2.30. The van der Waals surface area contributed by atoms with Crippen LogP contribution in [-0.4, -0.2) is 22.8 Å². The van der Waals surface area contributed by atoms with Gasteiger partial charge in [0.15, 0.2) is 0 Å². The van der Waals surface area contributed by atoms with Crippen LogP contribution in [0.4, 0.5) is 0 Å². The van der Waals surface area contributed by atoms with Crippen LogP contribution >= 0.6 is 0 Å². The van der Waals surface area contributed by atoms with Gasteiger partial charge >= 0.3 is 5.97 Å². The first-order valence-corrected chi connectivity index (χ1v) is 6.57. The Kier molecular flexibility index (Phi) is 3.80. The number of carboxylic acid groups (broad SMARTS) is 1. The minimum absolute atomic E-state index is 0.108. The standard InChI is InChI=1S/C15H20O4/c1-15(2,14(17)18)9-19-11-7-6-10-4-3-5-13(16)12(10)8-11/h6-8,13,16H,3-5,9H2,1-2H3,(H,17,18)/t13-/m0/s1. The number of carbonyl (C=O) groups is 1. The van der Waals surface area contributed by atoms with Crippen molar-refractivity contribution in [2.45, 2.75) is 39.2 Å². The quantitative estimate of drug-likeness (QED) is 0.877. The molecule has 1 aliphatic carbocycles. The van der Waals surface area contributed by atoms with Crippen LogP contribution in [-0.2, 0) is 11.2 Å². The SMILES string of the molecule is CC(C)(COc1ccc2c(c1)[C@@H](O)CCC2)C(=O)O. The van der Waals surface area contributed by atoms with Gasteiger partial charge in [-0.15, -0.1) is 0 Å². The summed E-state index contributed by atoms with van der Waals surface area (Å²) in [6.45, 7) is 3.36. The maximum atomic E-state index is 11.0. The molecule has 2 N–H and O–H groups in total. The van der Waals surface area contributed by atoms with Crippen LogP contribution in [0.5, 0.6) is 5.75 Å². The van der Waals surface area contributed by atoms with Crippen molar-refractivity contribution < 1.29 is 19.7 Å². The summed E-state index contributed by atoms with van der Waals surface area (Å²) in [5.41, 5.74) is 1.15. The molecule has 0 saturated carbocycles. The molecule has 1 aromatic carbocycles. The third kappa shape index (κ3) is 3.07. The van der Waals surface area contributed by atoms with Crippen molar-refractivity contribution in [3.63, 3.8) is 0 Å². The second-order valence-electron chi connectivity index (χ2n) is 5.75. The molecule has 0 radical (unpaired) electrons. The number of hydrogen-bond acceptors (Lipinski definition) is 3. The molecule has 0 bridgehead atoms. The molecule has 2 rings (SSSR count). The largest absolute Gasteiger partial charge is 0.492 e. The van der Waals surface area contributed by atoms with E-state index in [-0.39, 0.29) is 6.61 Å². The predicted molar refractivity (Wildman–Crippen MR) is 71.3 cm³/mol. The fourth-order valence-electron chi connectivity index (χ4n) is 2.17. The van der Waals surface area contributed by atoms with Crippen molar-refractivity contribution in [1.82, 2.24) is 0 Å². The molecule has 4 heteroatoms. The summed E-state index contributed by atoms with van der Waals surface area (Å²) in [6.07, 6.45) is 2.32. The number of ether oxygens (including phenoxy) is 1. The number of hydrogen-bond donors (Lipinski definition) is 2. The molecular weight excluding hydrogens is 244 g/mol. The smallest absolute Gasteiger partial charge is 0.312 e. The van der Waals surface area contributed by atoms with Gasteiger partial charge in [0.05, 0.1) is 11.5 Å². The van der Waals surface area contributed by atoms with Crippen LogP contribution in [0.2, 0.25) is 0 Å². The molecule has 1 atom stereocenters. The Morgan fingerprint density at radius 3 is 2.89 bits per heavy atom. The van der Waals surface area contributed by atoms with Gasteiger partial charge in [-0.3, -0.25) is 4.79 Å².